The van der Waals surface area contributed by atoms with Crippen LogP contribution in [0, 0.1) is 18.3 Å². The van der Waals surface area contributed by atoms with E-state index in [1.807, 2.05) is 49.9 Å². The molecule has 0 saturated carbocycles. The van der Waals surface area contributed by atoms with E-state index >= 15 is 0 Å². The van der Waals surface area contributed by atoms with Gasteiger partial charge in [0.05, 0.1) is 5.92 Å². The highest BCUT2D eigenvalue weighted by atomic mass is 16.5. The number of aryl methyl sites for hydroxylation is 1. The molecule has 0 radical (unpaired) electrons. The number of rotatable bonds is 3. The molecule has 1 N–H and O–H groups in total. The summed E-state index contributed by atoms with van der Waals surface area (Å²) < 4.78 is 5.53. The van der Waals surface area contributed by atoms with Crippen molar-refractivity contribution in [1.82, 2.24) is 10.2 Å². The highest BCUT2D eigenvalue weighted by Crippen LogP contribution is 2.44. The molecule has 2 heterocycles. The van der Waals surface area contributed by atoms with E-state index in [-0.39, 0.29) is 29.2 Å². The second-order valence-electron chi connectivity index (χ2n) is 7.69. The highest BCUT2D eigenvalue weighted by Gasteiger charge is 2.51. The van der Waals surface area contributed by atoms with Gasteiger partial charge in [0.2, 0.25) is 5.91 Å². The molecule has 2 amide bonds. The Balaban J connectivity index is 1.85. The van der Waals surface area contributed by atoms with Crippen LogP contribution in [-0.2, 0) is 9.53 Å². The SMILES string of the molecule is Cc1ccccc1C(=O)N1C[C@@H](C(=O)NC(C)C)C2(CCOCC2)C1. The molecule has 3 rings (SSSR count). The number of hydrogen-bond acceptors (Lipinski definition) is 3. The van der Waals surface area contributed by atoms with Crippen molar-refractivity contribution < 1.29 is 14.3 Å². The van der Waals surface area contributed by atoms with Crippen LogP contribution in [-0.4, -0.2) is 49.1 Å². The van der Waals surface area contributed by atoms with E-state index in [1.165, 1.54) is 0 Å². The quantitative estimate of drug-likeness (QED) is 0.916. The molecule has 25 heavy (non-hydrogen) atoms. The first kappa shape index (κ1) is 17.9. The second-order valence-corrected chi connectivity index (χ2v) is 7.69. The molecule has 1 aromatic carbocycles. The highest BCUT2D eigenvalue weighted by molar-refractivity contribution is 5.96. The van der Waals surface area contributed by atoms with Crippen molar-refractivity contribution in [3.63, 3.8) is 0 Å². The Kier molecular flexibility index (Phi) is 5.13. The summed E-state index contributed by atoms with van der Waals surface area (Å²) in [6.45, 7) is 8.36. The number of nitrogens with zero attached hydrogens (tertiary/aromatic N) is 1. The van der Waals surface area contributed by atoms with E-state index in [2.05, 4.69) is 5.32 Å². The molecule has 2 saturated heterocycles. The molecule has 0 bridgehead atoms. The molecule has 2 aliphatic rings. The van der Waals surface area contributed by atoms with Gasteiger partial charge >= 0.3 is 0 Å². The second kappa shape index (κ2) is 7.16. The molecule has 2 fully saturated rings. The first-order valence-electron chi connectivity index (χ1n) is 9.16. The van der Waals surface area contributed by atoms with Crippen LogP contribution in [0.5, 0.6) is 0 Å². The number of amides is 2. The lowest BCUT2D eigenvalue weighted by molar-refractivity contribution is -0.130. The van der Waals surface area contributed by atoms with Crippen molar-refractivity contribution in [2.24, 2.45) is 11.3 Å². The summed E-state index contributed by atoms with van der Waals surface area (Å²) in [6.07, 6.45) is 1.67. The van der Waals surface area contributed by atoms with Gasteiger partial charge in [0, 0.05) is 43.3 Å². The summed E-state index contributed by atoms with van der Waals surface area (Å²) in [5.74, 6) is -0.0624. The van der Waals surface area contributed by atoms with Gasteiger partial charge in [-0.1, -0.05) is 18.2 Å². The fraction of sp³-hybridized carbons (Fsp3) is 0.600. The van der Waals surface area contributed by atoms with Crippen molar-refractivity contribution >= 4 is 11.8 Å². The minimum absolute atomic E-state index is 0.0313. The van der Waals surface area contributed by atoms with E-state index in [9.17, 15) is 9.59 Å². The van der Waals surface area contributed by atoms with Crippen LogP contribution < -0.4 is 5.32 Å². The lowest BCUT2D eigenvalue weighted by Crippen LogP contribution is -2.46. The number of carbonyl (C=O) groups excluding carboxylic acids is 2. The summed E-state index contributed by atoms with van der Waals surface area (Å²) in [5.41, 5.74) is 1.55. The zero-order valence-corrected chi connectivity index (χ0v) is 15.4. The predicted molar refractivity (Wildman–Crippen MR) is 96.3 cm³/mol. The maximum absolute atomic E-state index is 13.0. The lowest BCUT2D eigenvalue weighted by atomic mass is 9.71. The molecule has 0 aliphatic carbocycles. The normalized spacial score (nSPS) is 22.4. The largest absolute Gasteiger partial charge is 0.381 e. The topological polar surface area (TPSA) is 58.6 Å². The van der Waals surface area contributed by atoms with Crippen molar-refractivity contribution in [1.29, 1.82) is 0 Å². The third-order valence-corrected chi connectivity index (χ3v) is 5.55. The van der Waals surface area contributed by atoms with Gasteiger partial charge < -0.3 is 15.0 Å². The molecular formula is C20H28N2O3. The van der Waals surface area contributed by atoms with Crippen LogP contribution in [0.1, 0.15) is 42.6 Å². The van der Waals surface area contributed by atoms with Gasteiger partial charge in [0.1, 0.15) is 0 Å². The van der Waals surface area contributed by atoms with Crippen LogP contribution in [0.25, 0.3) is 0 Å². The summed E-state index contributed by atoms with van der Waals surface area (Å²) in [6, 6.07) is 7.76. The van der Waals surface area contributed by atoms with Crippen LogP contribution >= 0.6 is 0 Å². The third kappa shape index (κ3) is 3.56. The smallest absolute Gasteiger partial charge is 0.254 e. The van der Waals surface area contributed by atoms with Crippen LogP contribution in [0.4, 0.5) is 0 Å². The number of benzene rings is 1. The van der Waals surface area contributed by atoms with Gasteiger partial charge in [-0.05, 0) is 45.2 Å². The maximum Gasteiger partial charge on any atom is 0.254 e. The van der Waals surface area contributed by atoms with E-state index in [0.717, 1.165) is 24.0 Å². The van der Waals surface area contributed by atoms with E-state index in [1.54, 1.807) is 0 Å². The molecule has 0 aromatic heterocycles. The summed E-state index contributed by atoms with van der Waals surface area (Å²) in [5, 5.41) is 3.05. The fourth-order valence-electron chi connectivity index (χ4n) is 4.14. The number of ether oxygens (including phenoxy) is 1. The molecule has 5 heteroatoms. The average Bonchev–Trinajstić information content (AvgIpc) is 2.94. The summed E-state index contributed by atoms with van der Waals surface area (Å²) in [7, 11) is 0. The van der Waals surface area contributed by atoms with Crippen molar-refractivity contribution in [3.8, 4) is 0 Å². The Labute approximate surface area is 149 Å². The van der Waals surface area contributed by atoms with Gasteiger partial charge in [0.15, 0.2) is 0 Å². The lowest BCUT2D eigenvalue weighted by Gasteiger charge is -2.37. The summed E-state index contributed by atoms with van der Waals surface area (Å²) >= 11 is 0. The monoisotopic (exact) mass is 344 g/mol. The van der Waals surface area contributed by atoms with E-state index in [4.69, 9.17) is 4.74 Å². The van der Waals surface area contributed by atoms with Crippen molar-refractivity contribution in [2.45, 2.75) is 39.7 Å². The molecular weight excluding hydrogens is 316 g/mol. The van der Waals surface area contributed by atoms with E-state index in [0.29, 0.717) is 26.3 Å². The first-order chi connectivity index (χ1) is 11.9. The van der Waals surface area contributed by atoms with Gasteiger partial charge in [0.25, 0.3) is 5.91 Å². The maximum atomic E-state index is 13.0. The van der Waals surface area contributed by atoms with Gasteiger partial charge in [-0.25, -0.2) is 0 Å². The number of likely N-dealkylation sites (tertiary alicyclic amines) is 1. The molecule has 136 valence electrons. The van der Waals surface area contributed by atoms with Gasteiger partial charge in [-0.15, -0.1) is 0 Å². The molecule has 2 aliphatic heterocycles. The third-order valence-electron chi connectivity index (χ3n) is 5.55. The Morgan fingerprint density at radius 1 is 1.24 bits per heavy atom. The molecule has 1 aromatic rings. The number of hydrogen-bond donors (Lipinski definition) is 1. The van der Waals surface area contributed by atoms with Crippen LogP contribution in [0.2, 0.25) is 0 Å². The molecule has 0 unspecified atom stereocenters. The standard InChI is InChI=1S/C20H28N2O3/c1-14(2)21-18(23)17-12-22(13-20(17)8-10-25-11-9-20)19(24)16-7-5-4-6-15(16)3/h4-7,14,17H,8-13H2,1-3H3,(H,21,23)/t17-/m0/s1. The zero-order valence-electron chi connectivity index (χ0n) is 15.4. The van der Waals surface area contributed by atoms with Gasteiger partial charge in [-0.3, -0.25) is 9.59 Å². The first-order valence-corrected chi connectivity index (χ1v) is 9.16. The van der Waals surface area contributed by atoms with E-state index < -0.39 is 0 Å². The van der Waals surface area contributed by atoms with Crippen molar-refractivity contribution in [3.05, 3.63) is 35.4 Å². The van der Waals surface area contributed by atoms with Gasteiger partial charge in [-0.2, -0.15) is 0 Å². The van der Waals surface area contributed by atoms with Crippen molar-refractivity contribution in [2.75, 3.05) is 26.3 Å². The molecule has 1 atom stereocenters. The Morgan fingerprint density at radius 3 is 2.56 bits per heavy atom. The minimum Gasteiger partial charge on any atom is -0.381 e. The minimum atomic E-state index is -0.160. The number of nitrogens with one attached hydrogen (secondary N) is 1. The number of carbonyl (C=O) groups is 2. The predicted octanol–water partition coefficient (Wildman–Crippen LogP) is 2.39. The fourth-order valence-corrected chi connectivity index (χ4v) is 4.14. The average molecular weight is 344 g/mol. The Hall–Kier alpha value is -1.88. The Bertz CT molecular complexity index is 650. The Morgan fingerprint density at radius 2 is 1.92 bits per heavy atom. The zero-order chi connectivity index (χ0) is 18.0. The molecule has 1 spiro atoms. The summed E-state index contributed by atoms with van der Waals surface area (Å²) in [4.78, 5) is 27.7. The molecule has 5 nitrogen and oxygen atoms in total. The van der Waals surface area contributed by atoms with Crippen LogP contribution in [0.15, 0.2) is 24.3 Å². The van der Waals surface area contributed by atoms with Crippen LogP contribution in [0.3, 0.4) is 0 Å².